The molecule has 0 spiro atoms. The molecule has 0 unspecified atom stereocenters. The molecule has 2 heterocycles. The maximum atomic E-state index is 13.7. The predicted octanol–water partition coefficient (Wildman–Crippen LogP) is 6.16. The first kappa shape index (κ1) is 19.4. The van der Waals surface area contributed by atoms with Crippen molar-refractivity contribution in [2.75, 3.05) is 0 Å². The highest BCUT2D eigenvalue weighted by molar-refractivity contribution is 5.78. The first-order valence-electron chi connectivity index (χ1n) is 10.5. The van der Waals surface area contributed by atoms with Gasteiger partial charge in [0.15, 0.2) is 5.49 Å². The minimum absolute atomic E-state index is 0.200. The molecule has 3 aromatic carbocycles. The van der Waals surface area contributed by atoms with Crippen LogP contribution in [-0.2, 0) is 5.41 Å². The zero-order chi connectivity index (χ0) is 21.8. The van der Waals surface area contributed by atoms with Crippen LogP contribution in [0.15, 0.2) is 77.8 Å². The fraction of sp³-hybridized carbons (Fsp3) is 0.192. The molecule has 0 fully saturated rings. The fourth-order valence-electron chi connectivity index (χ4n) is 4.12. The summed E-state index contributed by atoms with van der Waals surface area (Å²) in [6.07, 6.45) is 0. The Morgan fingerprint density at radius 1 is 0.871 bits per heavy atom. The number of aromatic amines is 1. The normalized spacial score (nSPS) is 12.9. The first-order chi connectivity index (χ1) is 14.8. The van der Waals surface area contributed by atoms with Crippen molar-refractivity contribution >= 4 is 16.7 Å². The van der Waals surface area contributed by atoms with Gasteiger partial charge in [-0.3, -0.25) is 5.10 Å². The Morgan fingerprint density at radius 3 is 2.23 bits per heavy atom. The molecule has 5 heteroatoms. The summed E-state index contributed by atoms with van der Waals surface area (Å²) in [7, 11) is 0. The summed E-state index contributed by atoms with van der Waals surface area (Å²) >= 11 is 0. The maximum absolute atomic E-state index is 13.7. The largest absolute Gasteiger partial charge is 0.275 e. The third-order valence-corrected chi connectivity index (χ3v) is 5.57. The number of halogens is 1. The molecular weight excluding hydrogens is 387 g/mol. The van der Waals surface area contributed by atoms with Crippen LogP contribution in [0.25, 0.3) is 22.3 Å². The van der Waals surface area contributed by atoms with Crippen LogP contribution < -0.4 is 5.49 Å². The number of benzene rings is 3. The Hall–Kier alpha value is -3.60. The van der Waals surface area contributed by atoms with Gasteiger partial charge in [-0.1, -0.05) is 50.6 Å². The minimum atomic E-state index is -0.245. The van der Waals surface area contributed by atoms with Gasteiger partial charge in [-0.15, -0.1) is 0 Å². The van der Waals surface area contributed by atoms with E-state index < -0.39 is 0 Å². The van der Waals surface area contributed by atoms with Gasteiger partial charge in [0.05, 0.1) is 22.4 Å². The Bertz CT molecular complexity index is 1460. The van der Waals surface area contributed by atoms with Gasteiger partial charge in [0.25, 0.3) is 0 Å². The van der Waals surface area contributed by atoms with Crippen molar-refractivity contribution in [1.82, 2.24) is 14.2 Å². The van der Waals surface area contributed by atoms with E-state index in [1.54, 1.807) is 0 Å². The van der Waals surface area contributed by atoms with E-state index >= 15 is 0 Å². The van der Waals surface area contributed by atoms with E-state index in [4.69, 9.17) is 4.99 Å². The minimum Gasteiger partial charge on any atom is -0.275 e. The molecule has 0 amide bonds. The first-order valence-corrected chi connectivity index (χ1v) is 10.5. The third-order valence-electron chi connectivity index (χ3n) is 5.57. The lowest BCUT2D eigenvalue weighted by Gasteiger charge is -2.19. The van der Waals surface area contributed by atoms with E-state index in [2.05, 4.69) is 61.6 Å². The Labute approximate surface area is 180 Å². The van der Waals surface area contributed by atoms with Crippen molar-refractivity contribution < 1.29 is 4.39 Å². The van der Waals surface area contributed by atoms with Crippen molar-refractivity contribution in [3.05, 3.63) is 95.2 Å². The summed E-state index contributed by atoms with van der Waals surface area (Å²) in [5.41, 5.74) is 7.83. The van der Waals surface area contributed by atoms with E-state index in [0.29, 0.717) is 0 Å². The van der Waals surface area contributed by atoms with Crippen LogP contribution in [0, 0.1) is 12.7 Å². The molecule has 5 aromatic rings. The monoisotopic (exact) mass is 412 g/mol. The summed E-state index contributed by atoms with van der Waals surface area (Å²) in [5, 5.41) is 3.50. The summed E-state index contributed by atoms with van der Waals surface area (Å²) in [6, 6.07) is 23.1. The van der Waals surface area contributed by atoms with Gasteiger partial charge >= 0.3 is 0 Å². The second-order valence-electron chi connectivity index (χ2n) is 9.00. The predicted molar refractivity (Wildman–Crippen MR) is 123 cm³/mol. The molecule has 156 valence electrons. The molecule has 1 N–H and O–H groups in total. The average molecular weight is 413 g/mol. The lowest BCUT2D eigenvalue weighted by atomic mass is 9.85. The average Bonchev–Trinajstić information content (AvgIpc) is 3.25. The van der Waals surface area contributed by atoms with Gasteiger partial charge in [-0.25, -0.2) is 13.9 Å². The van der Waals surface area contributed by atoms with Crippen LogP contribution in [-0.4, -0.2) is 14.2 Å². The maximum Gasteiger partial charge on any atom is 0.176 e. The van der Waals surface area contributed by atoms with Crippen LogP contribution in [0.1, 0.15) is 31.9 Å². The number of aryl methyl sites for hydroxylation is 1. The zero-order valence-corrected chi connectivity index (χ0v) is 18.1. The fourth-order valence-corrected chi connectivity index (χ4v) is 4.12. The van der Waals surface area contributed by atoms with Crippen molar-refractivity contribution in [1.29, 1.82) is 0 Å². The number of aromatic nitrogens is 3. The topological polar surface area (TPSA) is 37.0 Å². The number of rotatable bonds is 2. The smallest absolute Gasteiger partial charge is 0.176 e. The molecule has 0 aliphatic rings. The molecule has 5 rings (SSSR count). The number of hydrogen-bond donors (Lipinski definition) is 1. The van der Waals surface area contributed by atoms with E-state index in [9.17, 15) is 4.39 Å². The molecule has 0 saturated carbocycles. The van der Waals surface area contributed by atoms with Crippen molar-refractivity contribution in [2.24, 2.45) is 4.99 Å². The Morgan fingerprint density at radius 2 is 1.55 bits per heavy atom. The van der Waals surface area contributed by atoms with Gasteiger partial charge in [0.1, 0.15) is 5.82 Å². The summed E-state index contributed by atoms with van der Waals surface area (Å²) in [4.78, 5) is 5.07. The highest BCUT2D eigenvalue weighted by Crippen LogP contribution is 2.33. The quantitative estimate of drug-likeness (QED) is 0.360. The third kappa shape index (κ3) is 3.26. The lowest BCUT2D eigenvalue weighted by molar-refractivity contribution is 0.581. The van der Waals surface area contributed by atoms with Crippen LogP contribution in [0.2, 0.25) is 0 Å². The molecule has 4 nitrogen and oxygen atoms in total. The van der Waals surface area contributed by atoms with Gasteiger partial charge < -0.3 is 0 Å². The molecule has 0 radical (unpaired) electrons. The van der Waals surface area contributed by atoms with Gasteiger partial charge in [0.2, 0.25) is 0 Å². The molecule has 0 aliphatic heterocycles. The zero-order valence-electron chi connectivity index (χ0n) is 18.1. The second-order valence-corrected chi connectivity index (χ2v) is 9.00. The molecule has 0 atom stereocenters. The molecule has 0 bridgehead atoms. The van der Waals surface area contributed by atoms with E-state index in [0.717, 1.165) is 39.0 Å². The van der Waals surface area contributed by atoms with Crippen molar-refractivity contribution in [2.45, 2.75) is 33.1 Å². The number of hydrogen-bond acceptors (Lipinski definition) is 1. The highest BCUT2D eigenvalue weighted by atomic mass is 19.1. The SMILES string of the molecule is Cc1ccc(N=c2c(C(C)(C)C)c(-c3ccc(F)cc3)n3c4ccccc4[nH]n23)cc1. The second kappa shape index (κ2) is 6.98. The van der Waals surface area contributed by atoms with E-state index in [-0.39, 0.29) is 11.2 Å². The molecule has 31 heavy (non-hydrogen) atoms. The molecule has 0 saturated heterocycles. The molecule has 2 aromatic heterocycles. The van der Waals surface area contributed by atoms with Crippen molar-refractivity contribution in [3.8, 4) is 11.3 Å². The number of fused-ring (bicyclic) bond motifs is 3. The molecule has 0 aliphatic carbocycles. The number of nitrogens with zero attached hydrogens (tertiary/aromatic N) is 3. The van der Waals surface area contributed by atoms with Gasteiger partial charge in [-0.05, 0) is 60.9 Å². The highest BCUT2D eigenvalue weighted by Gasteiger charge is 2.28. The van der Waals surface area contributed by atoms with Gasteiger partial charge in [0, 0.05) is 11.1 Å². The van der Waals surface area contributed by atoms with Crippen molar-refractivity contribution in [3.63, 3.8) is 0 Å². The number of H-pyrrole nitrogens is 1. The Balaban J connectivity index is 1.98. The van der Waals surface area contributed by atoms with Gasteiger partial charge in [-0.2, -0.15) is 4.63 Å². The number of nitrogens with one attached hydrogen (secondary N) is 1. The number of para-hydroxylation sites is 2. The van der Waals surface area contributed by atoms with E-state index in [1.165, 1.54) is 17.7 Å². The van der Waals surface area contributed by atoms with Crippen LogP contribution in [0.4, 0.5) is 10.1 Å². The lowest BCUT2D eigenvalue weighted by Crippen LogP contribution is -2.25. The van der Waals surface area contributed by atoms with Crippen LogP contribution in [0.3, 0.4) is 0 Å². The summed E-state index contributed by atoms with van der Waals surface area (Å²) in [6.45, 7) is 8.63. The van der Waals surface area contributed by atoms with E-state index in [1.807, 2.05) is 41.0 Å². The van der Waals surface area contributed by atoms with Crippen LogP contribution in [0.5, 0.6) is 0 Å². The standard InChI is InChI=1S/C26H25FN4/c1-17-9-15-20(16-10-17)28-25-23(26(2,3)4)24(18-11-13-19(27)14-12-18)30-22-8-6-5-7-21(22)29-31(25)30/h5-16,29H,1-4H3. The molecular formula is C26H25FN4. The summed E-state index contributed by atoms with van der Waals surface area (Å²) in [5.74, 6) is -0.245. The Kier molecular flexibility index (Phi) is 4.36. The summed E-state index contributed by atoms with van der Waals surface area (Å²) < 4.78 is 17.9. The van der Waals surface area contributed by atoms with Crippen LogP contribution >= 0.6 is 0 Å².